The first-order valence-corrected chi connectivity index (χ1v) is 13.3. The lowest BCUT2D eigenvalue weighted by Gasteiger charge is -2.23. The minimum Gasteiger partial charge on any atom is -0.492 e. The molecule has 5 aromatic rings. The van der Waals surface area contributed by atoms with Gasteiger partial charge in [0.05, 0.1) is 41.4 Å². The normalized spacial score (nSPS) is 12.8. The lowest BCUT2D eigenvalue weighted by molar-refractivity contribution is 0.0933. The molecule has 0 spiro atoms. The van der Waals surface area contributed by atoms with Gasteiger partial charge in [-0.05, 0) is 35.9 Å². The van der Waals surface area contributed by atoms with Gasteiger partial charge in [-0.3, -0.25) is 9.78 Å². The molecule has 0 amide bonds. The number of pyridine rings is 1. The molecule has 0 aliphatic carbocycles. The highest BCUT2D eigenvalue weighted by molar-refractivity contribution is 6.14. The molecule has 0 fully saturated rings. The van der Waals surface area contributed by atoms with Crippen LogP contribution in [-0.2, 0) is 0 Å². The van der Waals surface area contributed by atoms with E-state index in [4.69, 9.17) is 14.5 Å². The Bertz CT molecular complexity index is 1720. The number of nitriles is 1. The number of fused-ring (bicyclic) bond motifs is 1. The van der Waals surface area contributed by atoms with Crippen molar-refractivity contribution in [1.29, 1.82) is 5.26 Å². The number of hydrogen-bond donors (Lipinski definition) is 0. The number of nitrogens with zero attached hydrogens (tertiary/aromatic N) is 3. The van der Waals surface area contributed by atoms with Crippen molar-refractivity contribution in [2.45, 2.75) is 12.5 Å². The van der Waals surface area contributed by atoms with Crippen LogP contribution in [0.15, 0.2) is 127 Å². The minimum atomic E-state index is -0.588. The number of rotatable bonds is 7. The molecule has 1 aliphatic heterocycles. The van der Waals surface area contributed by atoms with E-state index in [-0.39, 0.29) is 5.78 Å². The highest BCUT2D eigenvalue weighted by Crippen LogP contribution is 2.37. The summed E-state index contributed by atoms with van der Waals surface area (Å²) in [7, 11) is 0. The van der Waals surface area contributed by atoms with Crippen LogP contribution in [0.4, 0.5) is 5.69 Å². The summed E-state index contributed by atoms with van der Waals surface area (Å²) in [4.78, 5) is 21.9. The van der Waals surface area contributed by atoms with Crippen LogP contribution in [0.5, 0.6) is 11.5 Å². The molecule has 0 unspecified atom stereocenters. The summed E-state index contributed by atoms with van der Waals surface area (Å²) in [5.41, 5.74) is 6.14. The Labute approximate surface area is 238 Å². The van der Waals surface area contributed by atoms with Crippen LogP contribution in [0.3, 0.4) is 0 Å². The molecule has 198 valence electrons. The fourth-order valence-electron chi connectivity index (χ4n) is 4.81. The van der Waals surface area contributed by atoms with Crippen molar-refractivity contribution in [2.24, 2.45) is 4.99 Å². The van der Waals surface area contributed by atoms with E-state index < -0.39 is 6.10 Å². The summed E-state index contributed by atoms with van der Waals surface area (Å²) in [5, 5.41) is 9.36. The third kappa shape index (κ3) is 5.61. The van der Waals surface area contributed by atoms with Crippen molar-refractivity contribution in [3.8, 4) is 17.6 Å². The Morgan fingerprint density at radius 2 is 1.61 bits per heavy atom. The van der Waals surface area contributed by atoms with Gasteiger partial charge >= 0.3 is 0 Å². The number of carbonyl (C=O) groups is 1. The molecule has 0 saturated carbocycles. The topological polar surface area (TPSA) is 84.6 Å². The van der Waals surface area contributed by atoms with Gasteiger partial charge < -0.3 is 9.47 Å². The maximum atomic E-state index is 12.3. The molecule has 1 aliphatic rings. The Balaban J connectivity index is 1.48. The van der Waals surface area contributed by atoms with Crippen LogP contribution in [0.1, 0.15) is 50.7 Å². The van der Waals surface area contributed by atoms with E-state index in [1.54, 1.807) is 42.7 Å². The highest BCUT2D eigenvalue weighted by atomic mass is 16.5. The summed E-state index contributed by atoms with van der Waals surface area (Å²) in [6.07, 6.45) is 3.23. The summed E-state index contributed by atoms with van der Waals surface area (Å²) in [5.74, 6) is 1.12. The molecular weight excluding hydrogens is 510 g/mol. The van der Waals surface area contributed by atoms with Gasteiger partial charge in [-0.25, -0.2) is 4.99 Å². The predicted octanol–water partition coefficient (Wildman–Crippen LogP) is 7.26. The van der Waals surface area contributed by atoms with Crippen molar-refractivity contribution in [3.05, 3.63) is 155 Å². The lowest BCUT2D eigenvalue weighted by Crippen LogP contribution is -2.16. The Morgan fingerprint density at radius 1 is 0.902 bits per heavy atom. The maximum absolute atomic E-state index is 12.3. The number of ether oxygens (including phenoxy) is 2. The molecular formula is C35H25N3O3. The van der Waals surface area contributed by atoms with E-state index in [1.165, 1.54) is 0 Å². The number of aromatic nitrogens is 1. The van der Waals surface area contributed by atoms with Gasteiger partial charge in [0.2, 0.25) is 0 Å². The molecule has 0 N–H and O–H groups in total. The summed E-state index contributed by atoms with van der Waals surface area (Å²) < 4.78 is 12.4. The minimum absolute atomic E-state index is 0.0570. The number of aliphatic imine (C=N–C) groups is 1. The fourth-order valence-corrected chi connectivity index (χ4v) is 4.81. The Morgan fingerprint density at radius 3 is 2.29 bits per heavy atom. The summed E-state index contributed by atoms with van der Waals surface area (Å²) in [6, 6.07) is 36.7. The third-order valence-corrected chi connectivity index (χ3v) is 6.88. The van der Waals surface area contributed by atoms with Crippen LogP contribution in [-0.4, -0.2) is 23.1 Å². The van der Waals surface area contributed by atoms with E-state index in [1.807, 2.05) is 78.9 Å². The second-order valence-corrected chi connectivity index (χ2v) is 9.54. The van der Waals surface area contributed by atoms with E-state index in [2.05, 4.69) is 11.1 Å². The molecule has 0 saturated heterocycles. The van der Waals surface area contributed by atoms with Gasteiger partial charge in [0.25, 0.3) is 0 Å². The Hall–Kier alpha value is -5.54. The number of hydrogen-bond acceptors (Lipinski definition) is 6. The predicted molar refractivity (Wildman–Crippen MR) is 157 cm³/mol. The average Bonchev–Trinajstić information content (AvgIpc) is 3.04. The van der Waals surface area contributed by atoms with Crippen LogP contribution >= 0.6 is 0 Å². The standard InChI is InChI=1S/C35H25N3O3/c36-22-24-11-13-27(14-12-24)35(41-28-15-16-30-32(39)18-20-40-33(30)21-28)29-17-19-37-23-31(29)38-34(25-7-3-1-4-8-25)26-9-5-2-6-10-26/h1-17,19,21,23,35H,18,20H2/t35-/m1/s1. The van der Waals surface area contributed by atoms with E-state index >= 15 is 0 Å². The molecule has 1 atom stereocenters. The monoisotopic (exact) mass is 535 g/mol. The first-order chi connectivity index (χ1) is 20.2. The first-order valence-electron chi connectivity index (χ1n) is 13.3. The molecule has 6 rings (SSSR count). The molecule has 0 bridgehead atoms. The van der Waals surface area contributed by atoms with Gasteiger partial charge in [-0.15, -0.1) is 0 Å². The van der Waals surface area contributed by atoms with E-state index in [9.17, 15) is 10.1 Å². The van der Waals surface area contributed by atoms with Crippen molar-refractivity contribution < 1.29 is 14.3 Å². The highest BCUT2D eigenvalue weighted by Gasteiger charge is 2.24. The molecule has 0 radical (unpaired) electrons. The number of ketones is 1. The largest absolute Gasteiger partial charge is 0.492 e. The van der Waals surface area contributed by atoms with Crippen molar-refractivity contribution in [3.63, 3.8) is 0 Å². The zero-order valence-corrected chi connectivity index (χ0v) is 22.1. The smallest absolute Gasteiger partial charge is 0.169 e. The van der Waals surface area contributed by atoms with Crippen molar-refractivity contribution in [1.82, 2.24) is 4.98 Å². The van der Waals surface area contributed by atoms with Gasteiger partial charge in [0, 0.05) is 35.4 Å². The first kappa shape index (κ1) is 25.7. The average molecular weight is 536 g/mol. The van der Waals surface area contributed by atoms with Crippen LogP contribution in [0.25, 0.3) is 0 Å². The quantitative estimate of drug-likeness (QED) is 0.205. The number of Topliss-reactive ketones (excluding diaryl/α,β-unsaturated/α-hetero) is 1. The van der Waals surface area contributed by atoms with Crippen molar-refractivity contribution >= 4 is 17.2 Å². The van der Waals surface area contributed by atoms with Crippen LogP contribution in [0.2, 0.25) is 0 Å². The van der Waals surface area contributed by atoms with E-state index in [0.717, 1.165) is 28.0 Å². The molecule has 4 aromatic carbocycles. The SMILES string of the molecule is N#Cc1ccc([C@@H](Oc2ccc3c(c2)OCCC3=O)c2ccncc2N=C(c2ccccc2)c2ccccc2)cc1. The number of benzene rings is 4. The summed E-state index contributed by atoms with van der Waals surface area (Å²) >= 11 is 0. The van der Waals surface area contributed by atoms with Crippen LogP contribution in [0, 0.1) is 11.3 Å². The second-order valence-electron chi connectivity index (χ2n) is 9.54. The third-order valence-electron chi connectivity index (χ3n) is 6.88. The molecule has 6 heteroatoms. The number of carbonyl (C=O) groups excluding carboxylic acids is 1. The van der Waals surface area contributed by atoms with Crippen LogP contribution < -0.4 is 9.47 Å². The van der Waals surface area contributed by atoms with Crippen molar-refractivity contribution in [2.75, 3.05) is 6.61 Å². The zero-order valence-electron chi connectivity index (χ0n) is 22.1. The molecule has 2 heterocycles. The van der Waals surface area contributed by atoms with Gasteiger partial charge in [-0.1, -0.05) is 72.8 Å². The maximum Gasteiger partial charge on any atom is 0.169 e. The van der Waals surface area contributed by atoms with Gasteiger partial charge in [0.1, 0.15) is 11.5 Å². The summed E-state index contributed by atoms with van der Waals surface area (Å²) in [6.45, 7) is 0.347. The molecule has 41 heavy (non-hydrogen) atoms. The Kier molecular flexibility index (Phi) is 7.33. The molecule has 1 aromatic heterocycles. The zero-order chi connectivity index (χ0) is 28.0. The van der Waals surface area contributed by atoms with E-state index in [0.29, 0.717) is 41.3 Å². The van der Waals surface area contributed by atoms with Gasteiger partial charge in [0.15, 0.2) is 11.9 Å². The fraction of sp³-hybridized carbons (Fsp3) is 0.0857. The molecule has 6 nitrogen and oxygen atoms in total. The van der Waals surface area contributed by atoms with Gasteiger partial charge in [-0.2, -0.15) is 5.26 Å². The lowest BCUT2D eigenvalue weighted by atomic mass is 9.98. The second kappa shape index (κ2) is 11.7.